The van der Waals surface area contributed by atoms with Crippen LogP contribution in [-0.4, -0.2) is 28.0 Å². The summed E-state index contributed by atoms with van der Waals surface area (Å²) in [6.07, 6.45) is 7.22. The Morgan fingerprint density at radius 3 is 3.15 bits per heavy atom. The Morgan fingerprint density at radius 2 is 2.25 bits per heavy atom. The number of aromatic nitrogens is 2. The van der Waals surface area contributed by atoms with Crippen LogP contribution in [0.2, 0.25) is 0 Å². The monoisotopic (exact) mass is 273 g/mol. The van der Waals surface area contributed by atoms with Gasteiger partial charge in [0.25, 0.3) is 0 Å². The van der Waals surface area contributed by atoms with Crippen LogP contribution in [0.3, 0.4) is 0 Å². The smallest absolute Gasteiger partial charge is 0.165 e. The Hall–Kier alpha value is -2.01. The third-order valence-corrected chi connectivity index (χ3v) is 3.53. The van der Waals surface area contributed by atoms with Crippen LogP contribution < -0.4 is 10.1 Å². The van der Waals surface area contributed by atoms with Crippen molar-refractivity contribution in [3.8, 4) is 17.2 Å². The fraction of sp³-hybridized carbons (Fsp3) is 0.400. The van der Waals surface area contributed by atoms with Crippen LogP contribution in [0.4, 0.5) is 0 Å². The molecule has 106 valence electrons. The Labute approximate surface area is 118 Å². The highest BCUT2D eigenvalue weighted by Crippen LogP contribution is 2.25. The summed E-state index contributed by atoms with van der Waals surface area (Å²) < 4.78 is 7.67. The lowest BCUT2D eigenvalue weighted by molar-refractivity contribution is 0.417. The molecule has 1 fully saturated rings. The molecular weight excluding hydrogens is 254 g/mol. The molecule has 1 aromatic carbocycles. The van der Waals surface area contributed by atoms with Crippen molar-refractivity contribution in [3.63, 3.8) is 0 Å². The molecule has 0 bridgehead atoms. The molecule has 2 aromatic rings. The Kier molecular flexibility index (Phi) is 3.87. The summed E-state index contributed by atoms with van der Waals surface area (Å²) in [4.78, 5) is 0. The molecule has 5 nitrogen and oxygen atoms in total. The zero-order valence-electron chi connectivity index (χ0n) is 11.3. The van der Waals surface area contributed by atoms with Crippen LogP contribution in [0.5, 0.6) is 17.2 Å². The molecule has 0 amide bonds. The maximum Gasteiger partial charge on any atom is 0.165 e. The molecule has 3 rings (SSSR count). The van der Waals surface area contributed by atoms with Crippen molar-refractivity contribution in [1.29, 1.82) is 0 Å². The summed E-state index contributed by atoms with van der Waals surface area (Å²) in [6, 6.07) is 7.16. The summed E-state index contributed by atoms with van der Waals surface area (Å²) >= 11 is 0. The molecule has 2 N–H and O–H groups in total. The number of phenols is 1. The molecule has 1 aromatic heterocycles. The van der Waals surface area contributed by atoms with Crippen molar-refractivity contribution >= 4 is 0 Å². The Bertz CT molecular complexity index is 560. The molecule has 1 aliphatic rings. The van der Waals surface area contributed by atoms with Crippen molar-refractivity contribution in [3.05, 3.63) is 36.7 Å². The predicted octanol–water partition coefficient (Wildman–Crippen LogP) is 2.70. The molecule has 0 radical (unpaired) electrons. The SMILES string of the molecule is Oc1cccc(Oc2cnn(C3CCCCNC3)c2)c1. The molecule has 1 saturated heterocycles. The first-order chi connectivity index (χ1) is 9.81. The number of aromatic hydroxyl groups is 1. The lowest BCUT2D eigenvalue weighted by Gasteiger charge is -2.14. The molecule has 0 spiro atoms. The second kappa shape index (κ2) is 5.96. The Morgan fingerprint density at radius 1 is 1.30 bits per heavy atom. The van der Waals surface area contributed by atoms with Gasteiger partial charge in [0.2, 0.25) is 0 Å². The molecule has 1 atom stereocenters. The number of hydrogen-bond donors (Lipinski definition) is 2. The second-order valence-corrected chi connectivity index (χ2v) is 5.11. The normalized spacial score (nSPS) is 19.5. The predicted molar refractivity (Wildman–Crippen MR) is 76.2 cm³/mol. The van der Waals surface area contributed by atoms with Crippen molar-refractivity contribution in [2.75, 3.05) is 13.1 Å². The van der Waals surface area contributed by atoms with Gasteiger partial charge in [-0.15, -0.1) is 0 Å². The lowest BCUT2D eigenvalue weighted by atomic mass is 10.1. The average Bonchev–Trinajstić information content (AvgIpc) is 2.73. The topological polar surface area (TPSA) is 59.3 Å². The quantitative estimate of drug-likeness (QED) is 0.902. The van der Waals surface area contributed by atoms with Gasteiger partial charge in [-0.1, -0.05) is 12.5 Å². The number of nitrogens with one attached hydrogen (secondary N) is 1. The summed E-state index contributed by atoms with van der Waals surface area (Å²) in [5.74, 6) is 1.51. The van der Waals surface area contributed by atoms with Gasteiger partial charge in [-0.05, 0) is 31.5 Å². The molecule has 5 heteroatoms. The van der Waals surface area contributed by atoms with Gasteiger partial charge in [0.15, 0.2) is 5.75 Å². The summed E-state index contributed by atoms with van der Waals surface area (Å²) in [7, 11) is 0. The van der Waals surface area contributed by atoms with Gasteiger partial charge >= 0.3 is 0 Å². The van der Waals surface area contributed by atoms with E-state index in [4.69, 9.17) is 4.74 Å². The maximum absolute atomic E-state index is 9.42. The molecule has 1 unspecified atom stereocenters. The fourth-order valence-corrected chi connectivity index (χ4v) is 2.48. The van der Waals surface area contributed by atoms with Gasteiger partial charge in [0, 0.05) is 12.6 Å². The molecule has 1 aliphatic heterocycles. The Balaban J connectivity index is 1.70. The van der Waals surface area contributed by atoms with E-state index in [0.717, 1.165) is 19.5 Å². The maximum atomic E-state index is 9.42. The highest BCUT2D eigenvalue weighted by atomic mass is 16.5. The van der Waals surface area contributed by atoms with Crippen LogP contribution >= 0.6 is 0 Å². The second-order valence-electron chi connectivity index (χ2n) is 5.11. The van der Waals surface area contributed by atoms with Crippen molar-refractivity contribution < 1.29 is 9.84 Å². The first-order valence-electron chi connectivity index (χ1n) is 7.03. The van der Waals surface area contributed by atoms with Crippen molar-refractivity contribution in [2.24, 2.45) is 0 Å². The number of rotatable bonds is 3. The third kappa shape index (κ3) is 3.11. The van der Waals surface area contributed by atoms with Crippen molar-refractivity contribution in [2.45, 2.75) is 25.3 Å². The molecule has 20 heavy (non-hydrogen) atoms. The molecular formula is C15H19N3O2. The van der Waals surface area contributed by atoms with Gasteiger partial charge in [-0.25, -0.2) is 0 Å². The average molecular weight is 273 g/mol. The summed E-state index contributed by atoms with van der Waals surface area (Å²) in [5.41, 5.74) is 0. The highest BCUT2D eigenvalue weighted by molar-refractivity contribution is 5.34. The van der Waals surface area contributed by atoms with E-state index < -0.39 is 0 Å². The van der Waals surface area contributed by atoms with Crippen molar-refractivity contribution in [1.82, 2.24) is 15.1 Å². The first-order valence-corrected chi connectivity index (χ1v) is 7.03. The van der Waals surface area contributed by atoms with Gasteiger partial charge in [-0.2, -0.15) is 5.10 Å². The third-order valence-electron chi connectivity index (χ3n) is 3.53. The number of ether oxygens (including phenoxy) is 1. The first kappa shape index (κ1) is 13.0. The van der Waals surface area contributed by atoms with E-state index in [1.165, 1.54) is 12.8 Å². The van der Waals surface area contributed by atoms with Crippen LogP contribution in [0, 0.1) is 0 Å². The van der Waals surface area contributed by atoms with E-state index in [0.29, 0.717) is 17.5 Å². The zero-order chi connectivity index (χ0) is 13.8. The van der Waals surface area contributed by atoms with Crippen LogP contribution in [0.25, 0.3) is 0 Å². The van der Waals surface area contributed by atoms with E-state index in [2.05, 4.69) is 10.4 Å². The number of phenolic OH excluding ortho intramolecular Hbond substituents is 1. The molecule has 0 aliphatic carbocycles. The molecule has 2 heterocycles. The summed E-state index contributed by atoms with van der Waals surface area (Å²) in [6.45, 7) is 2.04. The zero-order valence-corrected chi connectivity index (χ0v) is 11.3. The standard InChI is InChI=1S/C15H19N3O2/c19-13-5-3-6-14(8-13)20-15-10-17-18(11-15)12-4-1-2-7-16-9-12/h3,5-6,8,10-12,16,19H,1-2,4,7,9H2. The number of benzene rings is 1. The van der Waals surface area contributed by atoms with Gasteiger partial charge in [-0.3, -0.25) is 4.68 Å². The summed E-state index contributed by atoms with van der Waals surface area (Å²) in [5, 5.41) is 17.2. The number of hydrogen-bond acceptors (Lipinski definition) is 4. The molecule has 0 saturated carbocycles. The number of nitrogens with zero attached hydrogens (tertiary/aromatic N) is 2. The van der Waals surface area contributed by atoms with Crippen LogP contribution in [0.15, 0.2) is 36.7 Å². The van der Waals surface area contributed by atoms with Crippen LogP contribution in [0.1, 0.15) is 25.3 Å². The minimum absolute atomic E-state index is 0.197. The van der Waals surface area contributed by atoms with E-state index in [9.17, 15) is 5.11 Å². The van der Waals surface area contributed by atoms with Crippen LogP contribution in [-0.2, 0) is 0 Å². The van der Waals surface area contributed by atoms with E-state index in [1.54, 1.807) is 24.4 Å². The van der Waals surface area contributed by atoms with Gasteiger partial charge in [0.1, 0.15) is 11.5 Å². The largest absolute Gasteiger partial charge is 0.508 e. The van der Waals surface area contributed by atoms with Gasteiger partial charge < -0.3 is 15.2 Å². The van der Waals surface area contributed by atoms with Gasteiger partial charge in [0.05, 0.1) is 18.4 Å². The highest BCUT2D eigenvalue weighted by Gasteiger charge is 2.15. The minimum Gasteiger partial charge on any atom is -0.508 e. The minimum atomic E-state index is 0.197. The van der Waals surface area contributed by atoms with E-state index in [1.807, 2.05) is 16.9 Å². The van der Waals surface area contributed by atoms with E-state index >= 15 is 0 Å². The fourth-order valence-electron chi connectivity index (χ4n) is 2.48. The lowest BCUT2D eigenvalue weighted by Crippen LogP contribution is -2.23. The van der Waals surface area contributed by atoms with E-state index in [-0.39, 0.29) is 5.75 Å².